The molecule has 1 aromatic carbocycles. The van der Waals surface area contributed by atoms with Gasteiger partial charge in [0, 0.05) is 6.20 Å². The van der Waals surface area contributed by atoms with Gasteiger partial charge >= 0.3 is 6.18 Å². The van der Waals surface area contributed by atoms with Gasteiger partial charge in [0.2, 0.25) is 5.91 Å². The SMILES string of the molecule is O=C(Cn1ccc2occc2c1=O)Nc1ccccc1C(F)(F)F. The number of furan rings is 1. The number of hydrogen-bond donors (Lipinski definition) is 1. The molecule has 1 N–H and O–H groups in total. The lowest BCUT2D eigenvalue weighted by atomic mass is 10.1. The summed E-state index contributed by atoms with van der Waals surface area (Å²) >= 11 is 0. The second-order valence-corrected chi connectivity index (χ2v) is 5.04. The minimum absolute atomic E-state index is 0.293. The topological polar surface area (TPSA) is 64.2 Å². The summed E-state index contributed by atoms with van der Waals surface area (Å²) in [5.74, 6) is -0.739. The van der Waals surface area contributed by atoms with Gasteiger partial charge in [0.25, 0.3) is 5.56 Å². The van der Waals surface area contributed by atoms with Gasteiger partial charge < -0.3 is 14.3 Å². The van der Waals surface area contributed by atoms with Crippen LogP contribution < -0.4 is 10.9 Å². The van der Waals surface area contributed by atoms with E-state index in [0.29, 0.717) is 11.0 Å². The fourth-order valence-corrected chi connectivity index (χ4v) is 2.32. The van der Waals surface area contributed by atoms with Crippen LogP contribution in [-0.2, 0) is 17.5 Å². The van der Waals surface area contributed by atoms with Crippen LogP contribution in [0, 0.1) is 0 Å². The number of anilines is 1. The molecule has 8 heteroatoms. The zero-order valence-electron chi connectivity index (χ0n) is 12.1. The average Bonchev–Trinajstić information content (AvgIpc) is 2.99. The molecule has 124 valence electrons. The summed E-state index contributed by atoms with van der Waals surface area (Å²) in [5, 5.41) is 2.49. The molecule has 0 saturated carbocycles. The molecule has 0 atom stereocenters. The molecule has 1 amide bonds. The average molecular weight is 336 g/mol. The van der Waals surface area contributed by atoms with Gasteiger partial charge in [-0.05, 0) is 24.3 Å². The quantitative estimate of drug-likeness (QED) is 0.798. The van der Waals surface area contributed by atoms with Crippen LogP contribution in [-0.4, -0.2) is 10.5 Å². The molecule has 2 heterocycles. The molecular weight excluding hydrogens is 325 g/mol. The van der Waals surface area contributed by atoms with Gasteiger partial charge in [-0.1, -0.05) is 12.1 Å². The number of fused-ring (bicyclic) bond motifs is 1. The molecule has 0 aliphatic rings. The third-order valence-electron chi connectivity index (χ3n) is 3.41. The van der Waals surface area contributed by atoms with Gasteiger partial charge in [-0.2, -0.15) is 13.2 Å². The van der Waals surface area contributed by atoms with Crippen LogP contribution in [0.15, 0.2) is 58.1 Å². The zero-order valence-corrected chi connectivity index (χ0v) is 12.1. The second kappa shape index (κ2) is 5.88. The Bertz CT molecular complexity index is 957. The molecule has 0 unspecified atom stereocenters. The van der Waals surface area contributed by atoms with E-state index in [1.165, 1.54) is 36.7 Å². The number of nitrogens with zero attached hydrogens (tertiary/aromatic N) is 1. The van der Waals surface area contributed by atoms with Crippen molar-refractivity contribution in [3.8, 4) is 0 Å². The van der Waals surface area contributed by atoms with Crippen LogP contribution in [0.25, 0.3) is 11.0 Å². The maximum atomic E-state index is 12.9. The summed E-state index contributed by atoms with van der Waals surface area (Å²) in [6.07, 6.45) is -1.89. The van der Waals surface area contributed by atoms with Crippen LogP contribution in [0.3, 0.4) is 0 Å². The first-order valence-electron chi connectivity index (χ1n) is 6.89. The van der Waals surface area contributed by atoms with Crippen molar-refractivity contribution >= 4 is 22.6 Å². The van der Waals surface area contributed by atoms with Crippen molar-refractivity contribution in [1.82, 2.24) is 4.57 Å². The van der Waals surface area contributed by atoms with Crippen molar-refractivity contribution < 1.29 is 22.4 Å². The van der Waals surface area contributed by atoms with Gasteiger partial charge in [-0.25, -0.2) is 0 Å². The summed E-state index contributed by atoms with van der Waals surface area (Å²) in [5.41, 5.74) is -1.39. The van der Waals surface area contributed by atoms with E-state index in [1.54, 1.807) is 0 Å². The number of nitrogens with one attached hydrogen (secondary N) is 1. The van der Waals surface area contributed by atoms with Gasteiger partial charge in [0.1, 0.15) is 12.1 Å². The van der Waals surface area contributed by atoms with E-state index in [-0.39, 0.29) is 5.69 Å². The van der Waals surface area contributed by atoms with Gasteiger partial charge in [0.15, 0.2) is 0 Å². The molecular formula is C16H11F3N2O3. The molecule has 0 aliphatic carbocycles. The Balaban J connectivity index is 1.83. The molecule has 24 heavy (non-hydrogen) atoms. The molecule has 0 bridgehead atoms. The van der Waals surface area contributed by atoms with Crippen LogP contribution >= 0.6 is 0 Å². The third kappa shape index (κ3) is 3.03. The highest BCUT2D eigenvalue weighted by atomic mass is 19.4. The first-order chi connectivity index (χ1) is 11.4. The van der Waals surface area contributed by atoms with Crippen LogP contribution in [0.4, 0.5) is 18.9 Å². The van der Waals surface area contributed by atoms with Crippen molar-refractivity contribution in [2.45, 2.75) is 12.7 Å². The van der Waals surface area contributed by atoms with E-state index in [0.717, 1.165) is 16.7 Å². The molecule has 0 aliphatic heterocycles. The fraction of sp³-hybridized carbons (Fsp3) is 0.125. The number of alkyl halides is 3. The molecule has 5 nitrogen and oxygen atoms in total. The van der Waals surface area contributed by atoms with E-state index in [9.17, 15) is 22.8 Å². The van der Waals surface area contributed by atoms with Crippen molar-refractivity contribution in [3.05, 3.63) is 64.8 Å². The van der Waals surface area contributed by atoms with Crippen molar-refractivity contribution in [1.29, 1.82) is 0 Å². The predicted octanol–water partition coefficient (Wildman–Crippen LogP) is 3.25. The van der Waals surface area contributed by atoms with Gasteiger partial charge in [-0.15, -0.1) is 0 Å². The number of halogens is 3. The smallest absolute Gasteiger partial charge is 0.418 e. The summed E-state index contributed by atoms with van der Waals surface area (Å²) in [6.45, 7) is -0.411. The van der Waals surface area contributed by atoms with Crippen molar-refractivity contribution in [2.24, 2.45) is 0 Å². The maximum Gasteiger partial charge on any atom is 0.418 e. The highest BCUT2D eigenvalue weighted by Gasteiger charge is 2.33. The van der Waals surface area contributed by atoms with Crippen LogP contribution in [0.2, 0.25) is 0 Å². The Morgan fingerprint density at radius 3 is 2.67 bits per heavy atom. The van der Waals surface area contributed by atoms with Crippen LogP contribution in [0.5, 0.6) is 0 Å². The molecule has 3 aromatic rings. The minimum Gasteiger partial charge on any atom is -0.464 e. The van der Waals surface area contributed by atoms with Gasteiger partial charge in [0.05, 0.1) is 22.9 Å². The Labute approximate surface area is 133 Å². The monoisotopic (exact) mass is 336 g/mol. The number of amides is 1. The molecule has 0 fully saturated rings. The summed E-state index contributed by atoms with van der Waals surface area (Å²) in [4.78, 5) is 24.2. The van der Waals surface area contributed by atoms with Crippen LogP contribution in [0.1, 0.15) is 5.56 Å². The van der Waals surface area contributed by atoms with E-state index in [1.807, 2.05) is 0 Å². The van der Waals surface area contributed by atoms with Crippen molar-refractivity contribution in [3.63, 3.8) is 0 Å². The zero-order chi connectivity index (χ0) is 17.3. The van der Waals surface area contributed by atoms with Gasteiger partial charge in [-0.3, -0.25) is 9.59 Å². The number of pyridine rings is 1. The number of rotatable bonds is 3. The first kappa shape index (κ1) is 15.9. The molecule has 3 rings (SSSR count). The van der Waals surface area contributed by atoms with E-state index in [2.05, 4.69) is 5.32 Å². The largest absolute Gasteiger partial charge is 0.464 e. The normalized spacial score (nSPS) is 11.6. The Hall–Kier alpha value is -3.03. The van der Waals surface area contributed by atoms with E-state index >= 15 is 0 Å². The first-order valence-corrected chi connectivity index (χ1v) is 6.89. The lowest BCUT2D eigenvalue weighted by Crippen LogP contribution is -2.27. The molecule has 2 aromatic heterocycles. The Morgan fingerprint density at radius 2 is 1.92 bits per heavy atom. The van der Waals surface area contributed by atoms with E-state index in [4.69, 9.17) is 4.42 Å². The summed E-state index contributed by atoms with van der Waals surface area (Å²) in [6, 6.07) is 7.62. The standard InChI is InChI=1S/C16H11F3N2O3/c17-16(18,19)11-3-1-2-4-12(11)20-14(22)9-21-7-5-13-10(15(21)23)6-8-24-13/h1-8H,9H2,(H,20,22). The molecule has 0 radical (unpaired) electrons. The van der Waals surface area contributed by atoms with Crippen molar-refractivity contribution in [2.75, 3.05) is 5.32 Å². The predicted molar refractivity (Wildman–Crippen MR) is 80.5 cm³/mol. The third-order valence-corrected chi connectivity index (χ3v) is 3.41. The Kier molecular flexibility index (Phi) is 3.88. The highest BCUT2D eigenvalue weighted by Crippen LogP contribution is 2.34. The second-order valence-electron chi connectivity index (χ2n) is 5.04. The Morgan fingerprint density at radius 1 is 1.17 bits per heavy atom. The highest BCUT2D eigenvalue weighted by molar-refractivity contribution is 5.91. The number of para-hydroxylation sites is 1. The molecule has 0 spiro atoms. The van der Waals surface area contributed by atoms with E-state index < -0.39 is 29.8 Å². The number of carbonyl (C=O) groups excluding carboxylic acids is 1. The lowest BCUT2D eigenvalue weighted by molar-refractivity contribution is -0.137. The number of hydrogen-bond acceptors (Lipinski definition) is 3. The number of benzene rings is 1. The maximum absolute atomic E-state index is 12.9. The minimum atomic E-state index is -4.59. The fourth-order valence-electron chi connectivity index (χ4n) is 2.32. The summed E-state index contributed by atoms with van der Waals surface area (Å²) < 4.78 is 44.9. The number of aromatic nitrogens is 1. The summed E-state index contributed by atoms with van der Waals surface area (Å²) in [7, 11) is 0. The lowest BCUT2D eigenvalue weighted by Gasteiger charge is -2.13. The number of carbonyl (C=O) groups is 1. The molecule has 0 saturated heterocycles.